The third kappa shape index (κ3) is 3.46. The molecule has 1 saturated heterocycles. The summed E-state index contributed by atoms with van der Waals surface area (Å²) in [6.07, 6.45) is -0.198. The van der Waals surface area contributed by atoms with E-state index in [1.165, 1.54) is 7.11 Å². The summed E-state index contributed by atoms with van der Waals surface area (Å²) in [6, 6.07) is 0. The van der Waals surface area contributed by atoms with Crippen LogP contribution in [0.25, 0.3) is 0 Å². The summed E-state index contributed by atoms with van der Waals surface area (Å²) < 4.78 is 9.78. The number of amides is 1. The predicted molar refractivity (Wildman–Crippen MR) is 56.7 cm³/mol. The molecule has 5 nitrogen and oxygen atoms in total. The third-order valence-corrected chi connectivity index (χ3v) is 2.59. The van der Waals surface area contributed by atoms with Gasteiger partial charge in [0.05, 0.1) is 20.3 Å². The average molecular weight is 280 g/mol. The zero-order valence-corrected chi connectivity index (χ0v) is 10.2. The van der Waals surface area contributed by atoms with Crippen molar-refractivity contribution in [1.29, 1.82) is 0 Å². The van der Waals surface area contributed by atoms with E-state index in [0.717, 1.165) is 0 Å². The lowest BCUT2D eigenvalue weighted by atomic mass is 10.2. The van der Waals surface area contributed by atoms with E-state index in [2.05, 4.69) is 20.7 Å². The van der Waals surface area contributed by atoms with E-state index < -0.39 is 12.1 Å². The number of carbonyl (C=O) groups excluding carboxylic acids is 2. The van der Waals surface area contributed by atoms with Gasteiger partial charge in [-0.15, -0.1) is 0 Å². The highest BCUT2D eigenvalue weighted by atomic mass is 79.9. The second-order valence-electron chi connectivity index (χ2n) is 3.16. The molecule has 1 rings (SSSR count). The number of nitrogens with zero attached hydrogens (tertiary/aromatic N) is 1. The SMILES string of the molecule is COC(=O)C1CN(C(=O)CCBr)CCO1. The number of methoxy groups -OCH3 is 1. The number of hydrogen-bond donors (Lipinski definition) is 0. The molecule has 0 saturated carbocycles. The monoisotopic (exact) mass is 279 g/mol. The van der Waals surface area contributed by atoms with Crippen molar-refractivity contribution in [2.24, 2.45) is 0 Å². The van der Waals surface area contributed by atoms with Crippen molar-refractivity contribution >= 4 is 27.8 Å². The van der Waals surface area contributed by atoms with E-state index in [0.29, 0.717) is 31.4 Å². The van der Waals surface area contributed by atoms with Gasteiger partial charge in [0.15, 0.2) is 6.10 Å². The number of alkyl halides is 1. The van der Waals surface area contributed by atoms with E-state index in [4.69, 9.17) is 4.74 Å². The molecule has 0 aliphatic carbocycles. The van der Waals surface area contributed by atoms with Gasteiger partial charge in [0.25, 0.3) is 0 Å². The Morgan fingerprint density at radius 1 is 1.60 bits per heavy atom. The first-order valence-corrected chi connectivity index (χ1v) is 5.84. The maximum atomic E-state index is 11.5. The van der Waals surface area contributed by atoms with Gasteiger partial charge in [-0.25, -0.2) is 4.79 Å². The number of hydrogen-bond acceptors (Lipinski definition) is 4. The molecular formula is C9H14BrNO4. The van der Waals surface area contributed by atoms with Crippen molar-refractivity contribution < 1.29 is 19.1 Å². The van der Waals surface area contributed by atoms with Crippen molar-refractivity contribution in [3.8, 4) is 0 Å². The van der Waals surface area contributed by atoms with Crippen molar-refractivity contribution in [3.05, 3.63) is 0 Å². The highest BCUT2D eigenvalue weighted by molar-refractivity contribution is 9.09. The van der Waals surface area contributed by atoms with Crippen LogP contribution in [0.5, 0.6) is 0 Å². The summed E-state index contributed by atoms with van der Waals surface area (Å²) in [6.45, 7) is 1.21. The minimum atomic E-state index is -0.636. The summed E-state index contributed by atoms with van der Waals surface area (Å²) >= 11 is 3.20. The first-order chi connectivity index (χ1) is 7.19. The number of carbonyl (C=O) groups is 2. The van der Waals surface area contributed by atoms with E-state index in [-0.39, 0.29) is 5.91 Å². The van der Waals surface area contributed by atoms with Crippen LogP contribution >= 0.6 is 15.9 Å². The fourth-order valence-corrected chi connectivity index (χ4v) is 1.73. The Morgan fingerprint density at radius 3 is 2.93 bits per heavy atom. The first-order valence-electron chi connectivity index (χ1n) is 4.72. The first kappa shape index (κ1) is 12.4. The molecule has 0 spiro atoms. The summed E-state index contributed by atoms with van der Waals surface area (Å²) in [4.78, 5) is 24.4. The number of esters is 1. The van der Waals surface area contributed by atoms with Gasteiger partial charge in [0.1, 0.15) is 0 Å². The van der Waals surface area contributed by atoms with Crippen LogP contribution in [0.15, 0.2) is 0 Å². The van der Waals surface area contributed by atoms with Gasteiger partial charge in [-0.3, -0.25) is 4.79 Å². The molecule has 1 amide bonds. The van der Waals surface area contributed by atoms with E-state index in [1.54, 1.807) is 4.90 Å². The van der Waals surface area contributed by atoms with E-state index in [1.807, 2.05) is 0 Å². The second-order valence-corrected chi connectivity index (χ2v) is 3.95. The summed E-state index contributed by atoms with van der Waals surface area (Å²) in [5, 5.41) is 0.631. The highest BCUT2D eigenvalue weighted by Gasteiger charge is 2.29. The van der Waals surface area contributed by atoms with Gasteiger partial charge < -0.3 is 14.4 Å². The molecule has 15 heavy (non-hydrogen) atoms. The molecule has 1 heterocycles. The molecule has 1 atom stereocenters. The highest BCUT2D eigenvalue weighted by Crippen LogP contribution is 2.08. The van der Waals surface area contributed by atoms with Crippen LogP contribution in [0.2, 0.25) is 0 Å². The summed E-state index contributed by atoms with van der Waals surface area (Å²) in [5.74, 6) is -0.393. The topological polar surface area (TPSA) is 55.8 Å². The minimum Gasteiger partial charge on any atom is -0.467 e. The largest absolute Gasteiger partial charge is 0.467 e. The Labute approximate surface area is 96.8 Å². The fourth-order valence-electron chi connectivity index (χ4n) is 1.39. The third-order valence-electron chi connectivity index (χ3n) is 2.19. The van der Waals surface area contributed by atoms with Gasteiger partial charge in [0.2, 0.25) is 5.91 Å². The molecule has 0 aromatic carbocycles. The Kier molecular flexibility index (Phi) is 5.04. The summed E-state index contributed by atoms with van der Waals surface area (Å²) in [7, 11) is 1.31. The number of ether oxygens (including phenoxy) is 2. The molecule has 0 bridgehead atoms. The van der Waals surface area contributed by atoms with Crippen LogP contribution in [0.1, 0.15) is 6.42 Å². The molecule has 1 aliphatic heterocycles. The zero-order valence-electron chi connectivity index (χ0n) is 8.57. The lowest BCUT2D eigenvalue weighted by Gasteiger charge is -2.31. The Morgan fingerprint density at radius 2 is 2.33 bits per heavy atom. The average Bonchev–Trinajstić information content (AvgIpc) is 2.28. The Balaban J connectivity index is 2.48. The van der Waals surface area contributed by atoms with Crippen LogP contribution < -0.4 is 0 Å². The molecule has 1 aliphatic rings. The van der Waals surface area contributed by atoms with Gasteiger partial charge in [0, 0.05) is 18.3 Å². The lowest BCUT2D eigenvalue weighted by molar-refractivity contribution is -0.162. The Hall–Kier alpha value is -0.620. The van der Waals surface area contributed by atoms with Gasteiger partial charge in [-0.05, 0) is 0 Å². The maximum Gasteiger partial charge on any atom is 0.336 e. The second kappa shape index (κ2) is 6.07. The Bertz CT molecular complexity index is 246. The molecule has 1 unspecified atom stereocenters. The van der Waals surface area contributed by atoms with Gasteiger partial charge in [-0.2, -0.15) is 0 Å². The van der Waals surface area contributed by atoms with Crippen molar-refractivity contribution in [2.45, 2.75) is 12.5 Å². The summed E-state index contributed by atoms with van der Waals surface area (Å²) in [5.41, 5.74) is 0. The van der Waals surface area contributed by atoms with Crippen molar-refractivity contribution in [3.63, 3.8) is 0 Å². The molecule has 0 aromatic rings. The molecule has 0 radical (unpaired) electrons. The number of morpholine rings is 1. The molecule has 86 valence electrons. The van der Waals surface area contributed by atoms with Crippen LogP contribution in [0.4, 0.5) is 0 Å². The normalized spacial score (nSPS) is 21.2. The molecule has 0 N–H and O–H groups in total. The molecule has 1 fully saturated rings. The quantitative estimate of drug-likeness (QED) is 0.546. The van der Waals surface area contributed by atoms with Crippen LogP contribution in [0, 0.1) is 0 Å². The van der Waals surface area contributed by atoms with Gasteiger partial charge in [-0.1, -0.05) is 15.9 Å². The van der Waals surface area contributed by atoms with E-state index >= 15 is 0 Å². The minimum absolute atomic E-state index is 0.0316. The van der Waals surface area contributed by atoms with Crippen molar-refractivity contribution in [1.82, 2.24) is 4.90 Å². The van der Waals surface area contributed by atoms with Gasteiger partial charge >= 0.3 is 5.97 Å². The predicted octanol–water partition coefficient (Wildman–Crippen LogP) is 0.172. The van der Waals surface area contributed by atoms with Crippen LogP contribution in [0.3, 0.4) is 0 Å². The fraction of sp³-hybridized carbons (Fsp3) is 0.778. The smallest absolute Gasteiger partial charge is 0.336 e. The zero-order chi connectivity index (χ0) is 11.3. The molecule has 0 aromatic heterocycles. The molecular weight excluding hydrogens is 266 g/mol. The van der Waals surface area contributed by atoms with E-state index in [9.17, 15) is 9.59 Å². The lowest BCUT2D eigenvalue weighted by Crippen LogP contribution is -2.48. The molecule has 6 heteroatoms. The number of halogens is 1. The van der Waals surface area contributed by atoms with Crippen molar-refractivity contribution in [2.75, 3.05) is 32.1 Å². The maximum absolute atomic E-state index is 11.5. The van der Waals surface area contributed by atoms with Crippen LogP contribution in [-0.4, -0.2) is 55.0 Å². The van der Waals surface area contributed by atoms with Crippen LogP contribution in [-0.2, 0) is 19.1 Å². The standard InChI is InChI=1S/C9H14BrNO4/c1-14-9(13)7-6-11(4-5-15-7)8(12)2-3-10/h7H,2-6H2,1H3. The number of rotatable bonds is 3.